The second kappa shape index (κ2) is 10.2. The maximum atomic E-state index is 11.6. The van der Waals surface area contributed by atoms with Crippen LogP contribution in [0.25, 0.3) is 0 Å². The molecule has 0 aromatic rings. The fourth-order valence-corrected chi connectivity index (χ4v) is 4.36. The van der Waals surface area contributed by atoms with Crippen LogP contribution in [0.4, 0.5) is 0 Å². The monoisotopic (exact) mass is 320 g/mol. The van der Waals surface area contributed by atoms with E-state index in [1.165, 1.54) is 57.8 Å². The minimum Gasteiger partial charge on any atom is -0.459 e. The van der Waals surface area contributed by atoms with Crippen LogP contribution >= 0.6 is 0 Å². The van der Waals surface area contributed by atoms with E-state index in [0.717, 1.165) is 37.0 Å². The lowest BCUT2D eigenvalue weighted by molar-refractivity contribution is -0.144. The zero-order valence-electron chi connectivity index (χ0n) is 15.3. The highest BCUT2D eigenvalue weighted by Gasteiger charge is 2.25. The lowest BCUT2D eigenvalue weighted by Crippen LogP contribution is -2.24. The Bertz CT molecular complexity index is 358. The van der Waals surface area contributed by atoms with Gasteiger partial charge in [0.25, 0.3) is 0 Å². The molecule has 0 aliphatic heterocycles. The normalized spacial score (nSPS) is 32.1. The van der Waals surface area contributed by atoms with Crippen molar-refractivity contribution in [2.24, 2.45) is 17.8 Å². The number of carbonyl (C=O) groups is 1. The molecule has 0 aromatic carbocycles. The summed E-state index contributed by atoms with van der Waals surface area (Å²) >= 11 is 0. The van der Waals surface area contributed by atoms with Crippen LogP contribution in [0.5, 0.6) is 0 Å². The van der Waals surface area contributed by atoms with Crippen molar-refractivity contribution in [3.63, 3.8) is 0 Å². The summed E-state index contributed by atoms with van der Waals surface area (Å²) in [6.07, 6.45) is 19.2. The molecule has 0 aromatic heterocycles. The second-order valence-corrected chi connectivity index (χ2v) is 7.76. The van der Waals surface area contributed by atoms with Crippen LogP contribution in [-0.4, -0.2) is 12.1 Å². The molecule has 2 fully saturated rings. The van der Waals surface area contributed by atoms with E-state index >= 15 is 0 Å². The Labute approximate surface area is 143 Å². The summed E-state index contributed by atoms with van der Waals surface area (Å²) in [5.41, 5.74) is 0. The summed E-state index contributed by atoms with van der Waals surface area (Å²) in [7, 11) is 0. The van der Waals surface area contributed by atoms with Crippen molar-refractivity contribution >= 4 is 5.97 Å². The predicted molar refractivity (Wildman–Crippen MR) is 96.2 cm³/mol. The molecule has 2 aliphatic rings. The summed E-state index contributed by atoms with van der Waals surface area (Å²) in [5.74, 6) is 2.73. The molecule has 0 unspecified atom stereocenters. The van der Waals surface area contributed by atoms with Crippen LogP contribution in [0.3, 0.4) is 0 Å². The number of hydrogen-bond donors (Lipinski definition) is 0. The van der Waals surface area contributed by atoms with E-state index in [4.69, 9.17) is 4.74 Å². The van der Waals surface area contributed by atoms with Gasteiger partial charge in [0.05, 0.1) is 0 Å². The predicted octanol–water partition coefficient (Wildman–Crippen LogP) is 6.05. The molecule has 0 spiro atoms. The first kappa shape index (κ1) is 18.5. The highest BCUT2D eigenvalue weighted by Crippen LogP contribution is 2.36. The van der Waals surface area contributed by atoms with Gasteiger partial charge in [-0.15, -0.1) is 0 Å². The number of carbonyl (C=O) groups excluding carboxylic acids is 1. The molecule has 0 amide bonds. The first-order valence-electron chi connectivity index (χ1n) is 10.1. The zero-order chi connectivity index (χ0) is 16.5. The molecule has 0 radical (unpaired) electrons. The molecular weight excluding hydrogens is 284 g/mol. The van der Waals surface area contributed by atoms with Gasteiger partial charge in [0.1, 0.15) is 6.10 Å². The van der Waals surface area contributed by atoms with Crippen LogP contribution in [0.15, 0.2) is 12.2 Å². The van der Waals surface area contributed by atoms with E-state index in [2.05, 4.69) is 6.92 Å². The molecule has 2 saturated carbocycles. The summed E-state index contributed by atoms with van der Waals surface area (Å²) in [6.45, 7) is 4.37. The Hall–Kier alpha value is -0.790. The average Bonchev–Trinajstić information content (AvgIpc) is 2.60. The standard InChI is InChI=1S/C21H36O2/c1-3-5-6-21(22)23-20-15-13-19(14-16-20)12-11-18-9-7-17(4-2)8-10-18/h5-6,17-20H,3-4,7-16H2,1-2H3/b6-5+. The SMILES string of the molecule is CC/C=C/C(=O)OC1CCC(CCC2CCC(CC)CC2)CC1. The third kappa shape index (κ3) is 6.69. The van der Waals surface area contributed by atoms with Crippen molar-refractivity contribution in [3.05, 3.63) is 12.2 Å². The maximum absolute atomic E-state index is 11.6. The molecule has 0 saturated heterocycles. The molecule has 0 bridgehead atoms. The van der Waals surface area contributed by atoms with Gasteiger partial charge in [-0.05, 0) is 49.9 Å². The van der Waals surface area contributed by atoms with E-state index in [1.807, 2.05) is 13.0 Å². The van der Waals surface area contributed by atoms with E-state index in [1.54, 1.807) is 6.08 Å². The van der Waals surface area contributed by atoms with Gasteiger partial charge in [-0.3, -0.25) is 0 Å². The molecule has 2 aliphatic carbocycles. The third-order valence-electron chi connectivity index (χ3n) is 6.09. The quantitative estimate of drug-likeness (QED) is 0.421. The van der Waals surface area contributed by atoms with Gasteiger partial charge < -0.3 is 4.74 Å². The zero-order valence-corrected chi connectivity index (χ0v) is 15.3. The van der Waals surface area contributed by atoms with Gasteiger partial charge in [-0.25, -0.2) is 4.79 Å². The summed E-state index contributed by atoms with van der Waals surface area (Å²) < 4.78 is 5.53. The van der Waals surface area contributed by atoms with Gasteiger partial charge >= 0.3 is 5.97 Å². The Kier molecular flexibility index (Phi) is 8.19. The molecule has 23 heavy (non-hydrogen) atoms. The molecular formula is C21H36O2. The van der Waals surface area contributed by atoms with Crippen LogP contribution < -0.4 is 0 Å². The molecule has 0 heterocycles. The van der Waals surface area contributed by atoms with E-state index < -0.39 is 0 Å². The van der Waals surface area contributed by atoms with Gasteiger partial charge in [0.15, 0.2) is 0 Å². The highest BCUT2D eigenvalue weighted by atomic mass is 16.5. The number of rotatable bonds is 7. The summed E-state index contributed by atoms with van der Waals surface area (Å²) in [6, 6.07) is 0. The first-order valence-corrected chi connectivity index (χ1v) is 10.1. The Morgan fingerprint density at radius 3 is 1.91 bits per heavy atom. The summed E-state index contributed by atoms with van der Waals surface area (Å²) in [5, 5.41) is 0. The first-order chi connectivity index (χ1) is 11.2. The largest absolute Gasteiger partial charge is 0.459 e. The number of ether oxygens (including phenoxy) is 1. The van der Waals surface area contributed by atoms with Crippen molar-refractivity contribution in [1.29, 1.82) is 0 Å². The highest BCUT2D eigenvalue weighted by molar-refractivity contribution is 5.82. The van der Waals surface area contributed by atoms with E-state index in [-0.39, 0.29) is 12.1 Å². The maximum Gasteiger partial charge on any atom is 0.330 e. The van der Waals surface area contributed by atoms with Gasteiger partial charge in [-0.2, -0.15) is 0 Å². The van der Waals surface area contributed by atoms with Gasteiger partial charge in [0, 0.05) is 6.08 Å². The smallest absolute Gasteiger partial charge is 0.330 e. The second-order valence-electron chi connectivity index (χ2n) is 7.76. The van der Waals surface area contributed by atoms with Gasteiger partial charge in [0.2, 0.25) is 0 Å². The Morgan fingerprint density at radius 2 is 1.39 bits per heavy atom. The van der Waals surface area contributed by atoms with Crippen LogP contribution in [0, 0.1) is 17.8 Å². The molecule has 0 atom stereocenters. The molecule has 2 heteroatoms. The minimum absolute atomic E-state index is 0.150. The fourth-order valence-electron chi connectivity index (χ4n) is 4.36. The number of allylic oxidation sites excluding steroid dienone is 1. The van der Waals surface area contributed by atoms with Crippen LogP contribution in [0.2, 0.25) is 0 Å². The fraction of sp³-hybridized carbons (Fsp3) is 0.857. The van der Waals surface area contributed by atoms with Crippen molar-refractivity contribution in [3.8, 4) is 0 Å². The molecule has 0 N–H and O–H groups in total. The lowest BCUT2D eigenvalue weighted by atomic mass is 9.76. The topological polar surface area (TPSA) is 26.3 Å². The minimum atomic E-state index is -0.150. The molecule has 2 nitrogen and oxygen atoms in total. The van der Waals surface area contributed by atoms with Crippen molar-refractivity contribution in [1.82, 2.24) is 0 Å². The lowest BCUT2D eigenvalue weighted by Gasteiger charge is -2.31. The third-order valence-corrected chi connectivity index (χ3v) is 6.09. The van der Waals surface area contributed by atoms with Gasteiger partial charge in [-0.1, -0.05) is 64.9 Å². The Balaban J connectivity index is 1.58. The van der Waals surface area contributed by atoms with Crippen molar-refractivity contribution in [2.45, 2.75) is 97.0 Å². The van der Waals surface area contributed by atoms with Crippen LogP contribution in [0.1, 0.15) is 90.9 Å². The Morgan fingerprint density at radius 1 is 0.870 bits per heavy atom. The number of esters is 1. The van der Waals surface area contributed by atoms with Crippen LogP contribution in [-0.2, 0) is 9.53 Å². The van der Waals surface area contributed by atoms with E-state index in [9.17, 15) is 4.79 Å². The molecule has 132 valence electrons. The van der Waals surface area contributed by atoms with E-state index in [0.29, 0.717) is 0 Å². The van der Waals surface area contributed by atoms with Crippen molar-refractivity contribution < 1.29 is 9.53 Å². The summed E-state index contributed by atoms with van der Waals surface area (Å²) in [4.78, 5) is 11.6. The molecule has 2 rings (SSSR count). The number of hydrogen-bond acceptors (Lipinski definition) is 2. The van der Waals surface area contributed by atoms with Crippen molar-refractivity contribution in [2.75, 3.05) is 0 Å². The average molecular weight is 321 g/mol.